The Morgan fingerprint density at radius 3 is 2.80 bits per heavy atom. The van der Waals surface area contributed by atoms with E-state index in [-0.39, 0.29) is 6.61 Å². The van der Waals surface area contributed by atoms with Crippen molar-refractivity contribution >= 4 is 5.69 Å². The highest BCUT2D eigenvalue weighted by Crippen LogP contribution is 2.41. The van der Waals surface area contributed by atoms with Crippen molar-refractivity contribution in [1.29, 1.82) is 0 Å². The van der Waals surface area contributed by atoms with Crippen molar-refractivity contribution < 1.29 is 14.6 Å². The highest BCUT2D eigenvalue weighted by molar-refractivity contribution is 5.78. The van der Waals surface area contributed by atoms with Gasteiger partial charge in [0.05, 0.1) is 19.8 Å². The number of hydrogen-bond acceptors (Lipinski definition) is 4. The van der Waals surface area contributed by atoms with Gasteiger partial charge in [-0.25, -0.2) is 0 Å². The van der Waals surface area contributed by atoms with Crippen molar-refractivity contribution in [3.63, 3.8) is 0 Å². The second-order valence-corrected chi connectivity index (χ2v) is 4.80. The van der Waals surface area contributed by atoms with Crippen LogP contribution < -0.4 is 15.2 Å². The monoisotopic (exact) mass is 271 g/mol. The van der Waals surface area contributed by atoms with Crippen LogP contribution >= 0.6 is 0 Å². The van der Waals surface area contributed by atoms with E-state index >= 15 is 0 Å². The molecule has 104 valence electrons. The standard InChI is InChI=1S/C16H17NO3/c17-13-8-14(12-4-1-3-11(7-12)10-18)16-15(9-13)19-5-2-6-20-16/h1,3-4,7-9,18H,2,5-6,10,17H2. The number of rotatable bonds is 2. The highest BCUT2D eigenvalue weighted by atomic mass is 16.5. The van der Waals surface area contributed by atoms with Crippen LogP contribution in [-0.2, 0) is 6.61 Å². The van der Waals surface area contributed by atoms with E-state index in [4.69, 9.17) is 15.2 Å². The van der Waals surface area contributed by atoms with Gasteiger partial charge in [-0.2, -0.15) is 0 Å². The van der Waals surface area contributed by atoms with Gasteiger partial charge < -0.3 is 20.3 Å². The molecule has 2 aromatic carbocycles. The number of nitrogens with two attached hydrogens (primary N) is 1. The topological polar surface area (TPSA) is 64.7 Å². The van der Waals surface area contributed by atoms with Gasteiger partial charge in [0.1, 0.15) is 0 Å². The maximum absolute atomic E-state index is 9.27. The lowest BCUT2D eigenvalue weighted by atomic mass is 10.0. The third-order valence-corrected chi connectivity index (χ3v) is 3.29. The molecule has 1 aliphatic rings. The minimum atomic E-state index is 0.00963. The van der Waals surface area contributed by atoms with E-state index in [1.54, 1.807) is 6.07 Å². The van der Waals surface area contributed by atoms with E-state index in [0.29, 0.717) is 24.7 Å². The van der Waals surface area contributed by atoms with Gasteiger partial charge in [0.2, 0.25) is 0 Å². The number of benzene rings is 2. The molecule has 3 rings (SSSR count). The molecule has 1 heterocycles. The molecule has 0 spiro atoms. The third-order valence-electron chi connectivity index (χ3n) is 3.29. The Labute approximate surface area is 117 Å². The Morgan fingerprint density at radius 2 is 1.95 bits per heavy atom. The number of aliphatic hydroxyl groups excluding tert-OH is 1. The van der Waals surface area contributed by atoms with Gasteiger partial charge in [-0.15, -0.1) is 0 Å². The summed E-state index contributed by atoms with van der Waals surface area (Å²) < 4.78 is 11.5. The number of anilines is 1. The summed E-state index contributed by atoms with van der Waals surface area (Å²) in [7, 11) is 0. The molecular formula is C16H17NO3. The SMILES string of the molecule is Nc1cc2c(c(-c3cccc(CO)c3)c1)OCCCO2. The fourth-order valence-corrected chi connectivity index (χ4v) is 2.35. The van der Waals surface area contributed by atoms with Crippen molar-refractivity contribution in [3.05, 3.63) is 42.0 Å². The third kappa shape index (κ3) is 2.42. The highest BCUT2D eigenvalue weighted by Gasteiger charge is 2.17. The molecule has 0 radical (unpaired) electrons. The van der Waals surface area contributed by atoms with Gasteiger partial charge in [-0.1, -0.05) is 18.2 Å². The minimum Gasteiger partial charge on any atom is -0.489 e. The van der Waals surface area contributed by atoms with E-state index in [1.807, 2.05) is 30.3 Å². The largest absolute Gasteiger partial charge is 0.489 e. The van der Waals surface area contributed by atoms with Crippen molar-refractivity contribution in [1.82, 2.24) is 0 Å². The zero-order valence-corrected chi connectivity index (χ0v) is 11.1. The first-order chi connectivity index (χ1) is 9.78. The average molecular weight is 271 g/mol. The van der Waals surface area contributed by atoms with E-state index in [9.17, 15) is 5.11 Å². The van der Waals surface area contributed by atoms with Crippen LogP contribution in [0.2, 0.25) is 0 Å². The molecule has 0 fully saturated rings. The summed E-state index contributed by atoms with van der Waals surface area (Å²) in [4.78, 5) is 0. The minimum absolute atomic E-state index is 0.00963. The van der Waals surface area contributed by atoms with Crippen LogP contribution in [0.3, 0.4) is 0 Å². The number of fused-ring (bicyclic) bond motifs is 1. The molecule has 1 aliphatic heterocycles. The zero-order chi connectivity index (χ0) is 13.9. The van der Waals surface area contributed by atoms with Gasteiger partial charge in [0.25, 0.3) is 0 Å². The molecule has 3 N–H and O–H groups in total. The average Bonchev–Trinajstić information content (AvgIpc) is 2.71. The lowest BCUT2D eigenvalue weighted by Gasteiger charge is -2.14. The normalized spacial score (nSPS) is 13.8. The Hall–Kier alpha value is -2.20. The molecule has 0 bridgehead atoms. The quantitative estimate of drug-likeness (QED) is 0.824. The lowest BCUT2D eigenvalue weighted by Crippen LogP contribution is -1.98. The van der Waals surface area contributed by atoms with Crippen LogP contribution in [-0.4, -0.2) is 18.3 Å². The summed E-state index contributed by atoms with van der Waals surface area (Å²) in [5, 5.41) is 9.27. The number of ether oxygens (including phenoxy) is 2. The van der Waals surface area contributed by atoms with E-state index < -0.39 is 0 Å². The Morgan fingerprint density at radius 1 is 1.10 bits per heavy atom. The Kier molecular flexibility index (Phi) is 3.48. The predicted octanol–water partition coefficient (Wildman–Crippen LogP) is 2.59. The fraction of sp³-hybridized carbons (Fsp3) is 0.250. The van der Waals surface area contributed by atoms with E-state index in [0.717, 1.165) is 28.9 Å². The van der Waals surface area contributed by atoms with Crippen LogP contribution in [0.25, 0.3) is 11.1 Å². The van der Waals surface area contributed by atoms with Crippen LogP contribution in [0.4, 0.5) is 5.69 Å². The molecule has 0 amide bonds. The van der Waals surface area contributed by atoms with Gasteiger partial charge in [0, 0.05) is 23.7 Å². The van der Waals surface area contributed by atoms with Crippen molar-refractivity contribution in [2.24, 2.45) is 0 Å². The molecular weight excluding hydrogens is 254 g/mol. The van der Waals surface area contributed by atoms with Crippen molar-refractivity contribution in [2.45, 2.75) is 13.0 Å². The molecule has 4 heteroatoms. The Balaban J connectivity index is 2.14. The molecule has 0 saturated heterocycles. The first-order valence-electron chi connectivity index (χ1n) is 6.67. The maximum Gasteiger partial charge on any atom is 0.169 e. The molecule has 2 aromatic rings. The number of hydrogen-bond donors (Lipinski definition) is 2. The number of nitrogen functional groups attached to an aromatic ring is 1. The molecule has 4 nitrogen and oxygen atoms in total. The van der Waals surface area contributed by atoms with Gasteiger partial charge in [0.15, 0.2) is 11.5 Å². The molecule has 0 aromatic heterocycles. The molecule has 0 saturated carbocycles. The van der Waals surface area contributed by atoms with Crippen LogP contribution in [0.1, 0.15) is 12.0 Å². The van der Waals surface area contributed by atoms with Crippen LogP contribution in [0, 0.1) is 0 Å². The van der Waals surface area contributed by atoms with Crippen molar-refractivity contribution in [2.75, 3.05) is 18.9 Å². The summed E-state index contributed by atoms with van der Waals surface area (Å²) in [5.74, 6) is 1.42. The second-order valence-electron chi connectivity index (χ2n) is 4.80. The van der Waals surface area contributed by atoms with Crippen LogP contribution in [0.15, 0.2) is 36.4 Å². The predicted molar refractivity (Wildman–Crippen MR) is 77.8 cm³/mol. The van der Waals surface area contributed by atoms with Crippen molar-refractivity contribution in [3.8, 4) is 22.6 Å². The van der Waals surface area contributed by atoms with E-state index in [2.05, 4.69) is 0 Å². The van der Waals surface area contributed by atoms with Gasteiger partial charge >= 0.3 is 0 Å². The summed E-state index contributed by atoms with van der Waals surface area (Å²) in [5.41, 5.74) is 9.31. The van der Waals surface area contributed by atoms with Crippen LogP contribution in [0.5, 0.6) is 11.5 Å². The summed E-state index contributed by atoms with van der Waals surface area (Å²) >= 11 is 0. The second kappa shape index (κ2) is 5.43. The lowest BCUT2D eigenvalue weighted by molar-refractivity contribution is 0.282. The molecule has 0 atom stereocenters. The first-order valence-corrected chi connectivity index (χ1v) is 6.67. The first kappa shape index (κ1) is 12.8. The summed E-state index contributed by atoms with van der Waals surface area (Å²) in [6, 6.07) is 11.4. The molecule has 0 unspecified atom stereocenters. The maximum atomic E-state index is 9.27. The summed E-state index contributed by atoms with van der Waals surface area (Å²) in [6.07, 6.45) is 0.852. The zero-order valence-electron chi connectivity index (χ0n) is 11.1. The molecule has 20 heavy (non-hydrogen) atoms. The number of aliphatic hydroxyl groups is 1. The Bertz CT molecular complexity index is 625. The molecule has 0 aliphatic carbocycles. The smallest absolute Gasteiger partial charge is 0.169 e. The summed E-state index contributed by atoms with van der Waals surface area (Å²) in [6.45, 7) is 1.27. The van der Waals surface area contributed by atoms with Gasteiger partial charge in [-0.3, -0.25) is 0 Å². The van der Waals surface area contributed by atoms with Gasteiger partial charge in [-0.05, 0) is 23.3 Å². The van der Waals surface area contributed by atoms with E-state index in [1.165, 1.54) is 0 Å². The fourth-order valence-electron chi connectivity index (χ4n) is 2.35.